The van der Waals surface area contributed by atoms with Crippen molar-refractivity contribution in [1.82, 2.24) is 4.98 Å². The second-order valence-corrected chi connectivity index (χ2v) is 5.98. The second kappa shape index (κ2) is 10.9. The first-order valence-electron chi connectivity index (χ1n) is 8.78. The summed E-state index contributed by atoms with van der Waals surface area (Å²) in [5, 5.41) is 0. The highest BCUT2D eigenvalue weighted by atomic mass is 14.7. The van der Waals surface area contributed by atoms with Crippen molar-refractivity contribution in [1.29, 1.82) is 0 Å². The average Bonchev–Trinajstić information content (AvgIpc) is 2.46. The summed E-state index contributed by atoms with van der Waals surface area (Å²) in [6, 6.07) is 4.71. The van der Waals surface area contributed by atoms with Gasteiger partial charge in [-0.1, -0.05) is 52.9 Å². The van der Waals surface area contributed by atoms with Crippen molar-refractivity contribution in [2.75, 3.05) is 0 Å². The number of hydrogen-bond acceptors (Lipinski definition) is 1. The Labute approximate surface area is 126 Å². The van der Waals surface area contributed by atoms with Crippen LogP contribution in [0.15, 0.2) is 12.1 Å². The van der Waals surface area contributed by atoms with E-state index in [2.05, 4.69) is 32.9 Å². The monoisotopic (exact) mass is 275 g/mol. The number of rotatable bonds is 11. The number of nitrogens with zero attached hydrogens (tertiary/aromatic N) is 1. The minimum Gasteiger partial charge on any atom is -0.258 e. The third-order valence-corrected chi connectivity index (χ3v) is 3.88. The zero-order valence-electron chi connectivity index (χ0n) is 13.9. The SMILES string of the molecule is CCCCCc1cc(CCCC)cc(CCCCC)n1. The Kier molecular flexibility index (Phi) is 9.36. The van der Waals surface area contributed by atoms with Gasteiger partial charge in [0.25, 0.3) is 0 Å². The molecule has 0 aliphatic heterocycles. The highest BCUT2D eigenvalue weighted by Crippen LogP contribution is 2.14. The van der Waals surface area contributed by atoms with Gasteiger partial charge >= 0.3 is 0 Å². The third kappa shape index (κ3) is 7.07. The molecule has 0 atom stereocenters. The average molecular weight is 275 g/mol. The molecule has 0 radical (unpaired) electrons. The number of hydrogen-bond donors (Lipinski definition) is 0. The first-order valence-corrected chi connectivity index (χ1v) is 8.78. The summed E-state index contributed by atoms with van der Waals surface area (Å²) in [4.78, 5) is 4.89. The molecule has 0 amide bonds. The maximum Gasteiger partial charge on any atom is 0.0409 e. The molecular weight excluding hydrogens is 242 g/mol. The van der Waals surface area contributed by atoms with Crippen LogP contribution in [0.5, 0.6) is 0 Å². The van der Waals surface area contributed by atoms with E-state index in [1.165, 1.54) is 74.7 Å². The number of unbranched alkanes of at least 4 members (excludes halogenated alkanes) is 5. The van der Waals surface area contributed by atoms with E-state index in [0.29, 0.717) is 0 Å². The van der Waals surface area contributed by atoms with Crippen LogP contribution >= 0.6 is 0 Å². The lowest BCUT2D eigenvalue weighted by atomic mass is 10.0. The minimum absolute atomic E-state index is 1.16. The van der Waals surface area contributed by atoms with Crippen LogP contribution in [-0.4, -0.2) is 4.98 Å². The van der Waals surface area contributed by atoms with Crippen LogP contribution in [0.4, 0.5) is 0 Å². The van der Waals surface area contributed by atoms with Crippen molar-refractivity contribution in [3.63, 3.8) is 0 Å². The second-order valence-electron chi connectivity index (χ2n) is 5.98. The summed E-state index contributed by atoms with van der Waals surface area (Å²) in [6.45, 7) is 6.80. The lowest BCUT2D eigenvalue weighted by Crippen LogP contribution is -2.00. The van der Waals surface area contributed by atoms with Gasteiger partial charge in [-0.3, -0.25) is 4.98 Å². The molecule has 1 rings (SSSR count). The van der Waals surface area contributed by atoms with Crippen LogP contribution in [0.2, 0.25) is 0 Å². The van der Waals surface area contributed by atoms with Crippen molar-refractivity contribution in [3.8, 4) is 0 Å². The highest BCUT2D eigenvalue weighted by Gasteiger charge is 2.03. The Balaban J connectivity index is 2.67. The summed E-state index contributed by atoms with van der Waals surface area (Å²) in [7, 11) is 0. The van der Waals surface area contributed by atoms with Gasteiger partial charge in [-0.15, -0.1) is 0 Å². The molecule has 1 nitrogen and oxygen atoms in total. The Morgan fingerprint density at radius 3 is 1.60 bits per heavy atom. The van der Waals surface area contributed by atoms with Gasteiger partial charge < -0.3 is 0 Å². The molecule has 0 aromatic carbocycles. The largest absolute Gasteiger partial charge is 0.258 e. The lowest BCUT2D eigenvalue weighted by Gasteiger charge is -2.09. The molecule has 1 aromatic heterocycles. The van der Waals surface area contributed by atoms with Crippen molar-refractivity contribution in [2.24, 2.45) is 0 Å². The van der Waals surface area contributed by atoms with Crippen molar-refractivity contribution < 1.29 is 0 Å². The van der Waals surface area contributed by atoms with Gasteiger partial charge in [0.2, 0.25) is 0 Å². The van der Waals surface area contributed by atoms with Gasteiger partial charge in [0.05, 0.1) is 0 Å². The number of aryl methyl sites for hydroxylation is 3. The van der Waals surface area contributed by atoms with E-state index >= 15 is 0 Å². The molecule has 0 aliphatic rings. The van der Waals surface area contributed by atoms with E-state index in [4.69, 9.17) is 4.98 Å². The number of pyridine rings is 1. The topological polar surface area (TPSA) is 12.9 Å². The van der Waals surface area contributed by atoms with Crippen LogP contribution in [0.1, 0.15) is 89.1 Å². The molecule has 0 saturated heterocycles. The Morgan fingerprint density at radius 1 is 0.650 bits per heavy atom. The lowest BCUT2D eigenvalue weighted by molar-refractivity contribution is 0.684. The molecule has 0 fully saturated rings. The first-order chi connectivity index (χ1) is 9.80. The van der Waals surface area contributed by atoms with E-state index in [1.54, 1.807) is 0 Å². The molecule has 20 heavy (non-hydrogen) atoms. The summed E-state index contributed by atoms with van der Waals surface area (Å²) in [6.07, 6.45) is 13.9. The molecule has 0 saturated carbocycles. The van der Waals surface area contributed by atoms with Crippen LogP contribution in [-0.2, 0) is 19.3 Å². The smallest absolute Gasteiger partial charge is 0.0409 e. The first kappa shape index (κ1) is 17.2. The Morgan fingerprint density at radius 2 is 1.15 bits per heavy atom. The Hall–Kier alpha value is -0.850. The van der Waals surface area contributed by atoms with E-state index in [0.717, 1.165) is 12.8 Å². The van der Waals surface area contributed by atoms with Crippen LogP contribution in [0.25, 0.3) is 0 Å². The van der Waals surface area contributed by atoms with Crippen LogP contribution < -0.4 is 0 Å². The zero-order valence-corrected chi connectivity index (χ0v) is 13.9. The van der Waals surface area contributed by atoms with Gasteiger partial charge in [-0.05, 0) is 56.2 Å². The number of aromatic nitrogens is 1. The predicted octanol–water partition coefficient (Wildman–Crippen LogP) is 5.89. The maximum atomic E-state index is 4.89. The fraction of sp³-hybridized carbons (Fsp3) is 0.737. The minimum atomic E-state index is 1.16. The predicted molar refractivity (Wildman–Crippen MR) is 89.3 cm³/mol. The third-order valence-electron chi connectivity index (χ3n) is 3.88. The Bertz CT molecular complexity index is 329. The molecule has 0 bridgehead atoms. The molecule has 1 heteroatoms. The molecule has 1 aromatic rings. The van der Waals surface area contributed by atoms with Crippen LogP contribution in [0, 0.1) is 0 Å². The van der Waals surface area contributed by atoms with Crippen molar-refractivity contribution in [3.05, 3.63) is 29.1 Å². The zero-order chi connectivity index (χ0) is 14.6. The quantitative estimate of drug-likeness (QED) is 0.459. The highest BCUT2D eigenvalue weighted by molar-refractivity contribution is 5.22. The van der Waals surface area contributed by atoms with E-state index < -0.39 is 0 Å². The normalized spacial score (nSPS) is 10.9. The van der Waals surface area contributed by atoms with Gasteiger partial charge in [0.1, 0.15) is 0 Å². The molecule has 0 unspecified atom stereocenters. The van der Waals surface area contributed by atoms with Gasteiger partial charge in [0.15, 0.2) is 0 Å². The van der Waals surface area contributed by atoms with E-state index in [9.17, 15) is 0 Å². The summed E-state index contributed by atoms with van der Waals surface area (Å²) < 4.78 is 0. The summed E-state index contributed by atoms with van der Waals surface area (Å²) in [5.74, 6) is 0. The maximum absolute atomic E-state index is 4.89. The van der Waals surface area contributed by atoms with Crippen LogP contribution in [0.3, 0.4) is 0 Å². The molecular formula is C19H33N. The molecule has 114 valence electrons. The molecule has 1 heterocycles. The fourth-order valence-electron chi connectivity index (χ4n) is 2.61. The summed E-state index contributed by atoms with van der Waals surface area (Å²) >= 11 is 0. The molecule has 0 N–H and O–H groups in total. The van der Waals surface area contributed by atoms with Gasteiger partial charge in [-0.2, -0.15) is 0 Å². The van der Waals surface area contributed by atoms with Gasteiger partial charge in [-0.25, -0.2) is 0 Å². The van der Waals surface area contributed by atoms with E-state index in [-0.39, 0.29) is 0 Å². The van der Waals surface area contributed by atoms with Crippen molar-refractivity contribution in [2.45, 2.75) is 91.4 Å². The standard InChI is InChI=1S/C19H33N/c1-4-7-10-13-18-15-17(12-9-6-3)16-19(20-18)14-11-8-5-2/h15-16H,4-14H2,1-3H3. The summed E-state index contributed by atoms with van der Waals surface area (Å²) in [5.41, 5.74) is 4.18. The fourth-order valence-corrected chi connectivity index (χ4v) is 2.61. The van der Waals surface area contributed by atoms with Gasteiger partial charge in [0, 0.05) is 11.4 Å². The molecule has 0 aliphatic carbocycles. The van der Waals surface area contributed by atoms with E-state index in [1.807, 2.05) is 0 Å². The molecule has 0 spiro atoms. The van der Waals surface area contributed by atoms with Crippen molar-refractivity contribution >= 4 is 0 Å².